The quantitative estimate of drug-likeness (QED) is 0.210. The third kappa shape index (κ3) is 15.5. The summed E-state index contributed by atoms with van der Waals surface area (Å²) in [6.07, 6.45) is 2.58. The molecule has 13 heteroatoms. The molecule has 0 saturated carbocycles. The molecule has 1 atom stereocenters. The standard InChI is InChI=1S/C9H12NO6P.C5H13O4P/c11-7-3-1-6(2-4-7)5-8(9(12)13)10-17(14,15)16;1-2-3-4-5-9-10(6,7)8/h1-4,8,11H,5H2,(H,12,13)(H3,10,14,15,16);2-5H2,1H3,(H2,6,7,8). The van der Waals surface area contributed by atoms with Gasteiger partial charge >= 0.3 is 21.5 Å². The molecule has 0 fully saturated rings. The van der Waals surface area contributed by atoms with Crippen molar-refractivity contribution in [3.8, 4) is 5.75 Å². The van der Waals surface area contributed by atoms with Gasteiger partial charge in [0.2, 0.25) is 0 Å². The highest BCUT2D eigenvalue weighted by Gasteiger charge is 2.25. The molecule has 0 bridgehead atoms. The number of aromatic hydroxyl groups is 1. The van der Waals surface area contributed by atoms with E-state index in [0.29, 0.717) is 12.0 Å². The maximum atomic E-state index is 10.8. The molecule has 0 aromatic heterocycles. The zero-order valence-electron chi connectivity index (χ0n) is 14.6. The number of rotatable bonds is 10. The number of unbranched alkanes of at least 4 members (excludes halogenated alkanes) is 2. The molecule has 0 saturated heterocycles. The van der Waals surface area contributed by atoms with Crippen LogP contribution in [0.25, 0.3) is 0 Å². The van der Waals surface area contributed by atoms with Gasteiger partial charge in [0.1, 0.15) is 11.8 Å². The van der Waals surface area contributed by atoms with Crippen LogP contribution in [-0.2, 0) is 24.9 Å². The van der Waals surface area contributed by atoms with Gasteiger partial charge in [0.05, 0.1) is 6.61 Å². The maximum Gasteiger partial charge on any atom is 0.469 e. The molecule has 0 radical (unpaired) electrons. The smallest absolute Gasteiger partial charge is 0.469 e. The number of nitrogens with one attached hydrogen (secondary N) is 1. The van der Waals surface area contributed by atoms with E-state index < -0.39 is 27.6 Å². The van der Waals surface area contributed by atoms with Crippen molar-refractivity contribution >= 4 is 21.5 Å². The zero-order valence-corrected chi connectivity index (χ0v) is 16.4. The number of phenols is 1. The Hall–Kier alpha value is -1.29. The number of carboxylic acids is 1. The van der Waals surface area contributed by atoms with Crippen molar-refractivity contribution in [1.82, 2.24) is 5.09 Å². The van der Waals surface area contributed by atoms with Crippen LogP contribution in [0.3, 0.4) is 0 Å². The van der Waals surface area contributed by atoms with Crippen molar-refractivity contribution in [1.29, 1.82) is 0 Å². The van der Waals surface area contributed by atoms with E-state index in [1.54, 1.807) is 5.09 Å². The van der Waals surface area contributed by atoms with Gasteiger partial charge in [-0.05, 0) is 30.5 Å². The maximum absolute atomic E-state index is 10.8. The minimum atomic E-state index is -4.60. The summed E-state index contributed by atoms with van der Waals surface area (Å²) in [5.41, 5.74) is 0.538. The topological polar surface area (TPSA) is 194 Å². The molecule has 0 aliphatic carbocycles. The highest BCUT2D eigenvalue weighted by molar-refractivity contribution is 7.49. The first-order chi connectivity index (χ1) is 12.3. The molecule has 27 heavy (non-hydrogen) atoms. The van der Waals surface area contributed by atoms with E-state index in [9.17, 15) is 13.9 Å². The number of aliphatic carboxylic acids is 1. The number of benzene rings is 1. The second kappa shape index (κ2) is 12.2. The van der Waals surface area contributed by atoms with Gasteiger partial charge in [-0.3, -0.25) is 9.32 Å². The first kappa shape index (κ1) is 25.7. The van der Waals surface area contributed by atoms with Gasteiger partial charge in [0, 0.05) is 0 Å². The highest BCUT2D eigenvalue weighted by Crippen LogP contribution is 2.35. The second-order valence-electron chi connectivity index (χ2n) is 5.47. The predicted octanol–water partition coefficient (Wildman–Crippen LogP) is 1.36. The van der Waals surface area contributed by atoms with E-state index in [2.05, 4.69) is 4.52 Å². The summed E-state index contributed by atoms with van der Waals surface area (Å²) in [6.45, 7) is 2.16. The van der Waals surface area contributed by atoms with Gasteiger partial charge in [0.15, 0.2) is 0 Å². The van der Waals surface area contributed by atoms with Gasteiger partial charge in [-0.2, -0.15) is 0 Å². The van der Waals surface area contributed by atoms with Crippen molar-refractivity contribution in [3.63, 3.8) is 0 Å². The molecule has 7 N–H and O–H groups in total. The molecule has 0 spiro atoms. The second-order valence-corrected chi connectivity index (χ2v) is 8.05. The van der Waals surface area contributed by atoms with Crippen LogP contribution in [0, 0.1) is 0 Å². The largest absolute Gasteiger partial charge is 0.508 e. The third-order valence-corrected chi connectivity index (χ3v) is 4.17. The Balaban J connectivity index is 0.000000580. The van der Waals surface area contributed by atoms with Crippen LogP contribution < -0.4 is 5.09 Å². The van der Waals surface area contributed by atoms with Crippen LogP contribution in [0.2, 0.25) is 0 Å². The van der Waals surface area contributed by atoms with Crippen LogP contribution >= 0.6 is 15.6 Å². The Morgan fingerprint density at radius 2 is 1.67 bits per heavy atom. The van der Waals surface area contributed by atoms with Gasteiger partial charge in [0.25, 0.3) is 0 Å². The van der Waals surface area contributed by atoms with Crippen LogP contribution in [-0.4, -0.2) is 48.4 Å². The molecule has 1 aromatic rings. The van der Waals surface area contributed by atoms with Crippen molar-refractivity contribution in [2.75, 3.05) is 6.61 Å². The monoisotopic (exact) mass is 429 g/mol. The fourth-order valence-electron chi connectivity index (χ4n) is 1.79. The molecule has 11 nitrogen and oxygen atoms in total. The lowest BCUT2D eigenvalue weighted by Gasteiger charge is -2.15. The lowest BCUT2D eigenvalue weighted by atomic mass is 10.1. The molecule has 0 amide bonds. The van der Waals surface area contributed by atoms with Crippen molar-refractivity contribution in [2.24, 2.45) is 0 Å². The Bertz CT molecular complexity index is 654. The van der Waals surface area contributed by atoms with Crippen LogP contribution in [0.15, 0.2) is 24.3 Å². The Morgan fingerprint density at radius 1 is 1.11 bits per heavy atom. The van der Waals surface area contributed by atoms with Gasteiger partial charge < -0.3 is 29.8 Å². The average Bonchev–Trinajstić information content (AvgIpc) is 2.51. The Kier molecular flexibility index (Phi) is 11.6. The number of phosphoric acid groups is 1. The molecule has 1 rings (SSSR count). The summed E-state index contributed by atoms with van der Waals surface area (Å²) in [5.74, 6) is -1.33. The summed E-state index contributed by atoms with van der Waals surface area (Å²) >= 11 is 0. The minimum absolute atomic E-state index is 0.0311. The first-order valence-corrected chi connectivity index (χ1v) is 11.0. The third-order valence-electron chi connectivity index (χ3n) is 3.01. The van der Waals surface area contributed by atoms with E-state index in [4.69, 9.17) is 29.8 Å². The fourth-order valence-corrected chi connectivity index (χ4v) is 2.77. The molecular formula is C14H25NO10P2. The molecule has 1 unspecified atom stereocenters. The Morgan fingerprint density at radius 3 is 2.07 bits per heavy atom. The molecule has 156 valence electrons. The van der Waals surface area contributed by atoms with E-state index in [-0.39, 0.29) is 18.8 Å². The summed E-state index contributed by atoms with van der Waals surface area (Å²) in [4.78, 5) is 44.5. The molecule has 0 aliphatic heterocycles. The van der Waals surface area contributed by atoms with E-state index >= 15 is 0 Å². The molecular weight excluding hydrogens is 404 g/mol. The number of carboxylic acid groups (broad SMARTS) is 1. The molecule has 0 heterocycles. The summed E-state index contributed by atoms with van der Waals surface area (Å²) in [7, 11) is -8.81. The SMILES string of the molecule is CCCCCOP(=O)(O)O.O=C(O)C(Cc1ccc(O)cc1)NP(=O)(O)O. The number of hydrogen-bond acceptors (Lipinski definition) is 5. The van der Waals surface area contributed by atoms with Crippen LogP contribution in [0.4, 0.5) is 0 Å². The molecule has 0 aliphatic rings. The Labute approximate surface area is 156 Å². The minimum Gasteiger partial charge on any atom is -0.508 e. The number of phosphoric ester groups is 1. The lowest BCUT2D eigenvalue weighted by Crippen LogP contribution is -2.36. The van der Waals surface area contributed by atoms with Crippen LogP contribution in [0.1, 0.15) is 31.7 Å². The lowest BCUT2D eigenvalue weighted by molar-refractivity contribution is -0.139. The summed E-state index contributed by atoms with van der Waals surface area (Å²) in [5, 5.41) is 19.6. The van der Waals surface area contributed by atoms with Crippen molar-refractivity contribution in [2.45, 2.75) is 38.6 Å². The number of phenolic OH excluding ortho intramolecular Hbond substituents is 1. The average molecular weight is 429 g/mol. The van der Waals surface area contributed by atoms with Crippen molar-refractivity contribution in [3.05, 3.63) is 29.8 Å². The van der Waals surface area contributed by atoms with Gasteiger partial charge in [-0.1, -0.05) is 31.9 Å². The predicted molar refractivity (Wildman–Crippen MR) is 95.9 cm³/mol. The first-order valence-electron chi connectivity index (χ1n) is 7.88. The zero-order chi connectivity index (χ0) is 21.1. The van der Waals surface area contributed by atoms with E-state index in [0.717, 1.165) is 12.8 Å². The summed E-state index contributed by atoms with van der Waals surface area (Å²) < 4.78 is 24.9. The number of carbonyl (C=O) groups is 1. The number of hydrogen-bond donors (Lipinski definition) is 7. The van der Waals surface area contributed by atoms with E-state index in [1.807, 2.05) is 6.92 Å². The normalized spacial score (nSPS) is 12.8. The molecule has 1 aromatic carbocycles. The van der Waals surface area contributed by atoms with Gasteiger partial charge in [-0.15, -0.1) is 0 Å². The van der Waals surface area contributed by atoms with Gasteiger partial charge in [-0.25, -0.2) is 14.2 Å². The van der Waals surface area contributed by atoms with Crippen molar-refractivity contribution < 1.29 is 48.2 Å². The fraction of sp³-hybridized carbons (Fsp3) is 0.500. The van der Waals surface area contributed by atoms with Crippen LogP contribution in [0.5, 0.6) is 5.75 Å². The summed E-state index contributed by atoms with van der Waals surface area (Å²) in [6, 6.07) is 4.30. The van der Waals surface area contributed by atoms with E-state index in [1.165, 1.54) is 24.3 Å². The highest BCUT2D eigenvalue weighted by atomic mass is 31.2.